The molecule has 4 heteroatoms. The molecule has 1 amide bonds. The van der Waals surface area contributed by atoms with Crippen molar-refractivity contribution >= 4 is 11.6 Å². The molecule has 4 nitrogen and oxygen atoms in total. The summed E-state index contributed by atoms with van der Waals surface area (Å²) >= 11 is 0. The number of benzene rings is 2. The molecule has 24 heavy (non-hydrogen) atoms. The first-order chi connectivity index (χ1) is 11.6. The minimum Gasteiger partial charge on any atom is -0.496 e. The minimum atomic E-state index is -0.125. The van der Waals surface area contributed by atoms with Crippen LogP contribution < -0.4 is 15.4 Å². The van der Waals surface area contributed by atoms with Gasteiger partial charge in [-0.15, -0.1) is 0 Å². The number of fused-ring (bicyclic) bond motifs is 1. The molecule has 1 aliphatic heterocycles. The highest BCUT2D eigenvalue weighted by Gasteiger charge is 2.20. The zero-order valence-electron chi connectivity index (χ0n) is 14.5. The monoisotopic (exact) mass is 324 g/mol. The van der Waals surface area contributed by atoms with Crippen LogP contribution in [0, 0.1) is 6.92 Å². The number of ether oxygens (including phenoxy) is 1. The average molecular weight is 324 g/mol. The summed E-state index contributed by atoms with van der Waals surface area (Å²) in [6.07, 6.45) is 1.99. The quantitative estimate of drug-likeness (QED) is 0.898. The smallest absolute Gasteiger partial charge is 0.252 e. The van der Waals surface area contributed by atoms with Crippen LogP contribution in [0.5, 0.6) is 5.75 Å². The van der Waals surface area contributed by atoms with Crippen LogP contribution in [0.25, 0.3) is 0 Å². The predicted molar refractivity (Wildman–Crippen MR) is 96.9 cm³/mol. The Morgan fingerprint density at radius 1 is 1.29 bits per heavy atom. The zero-order valence-corrected chi connectivity index (χ0v) is 14.5. The highest BCUT2D eigenvalue weighted by atomic mass is 16.5. The van der Waals surface area contributed by atoms with Crippen molar-refractivity contribution in [1.82, 2.24) is 5.32 Å². The van der Waals surface area contributed by atoms with Gasteiger partial charge in [-0.1, -0.05) is 23.8 Å². The van der Waals surface area contributed by atoms with Crippen LogP contribution in [0.15, 0.2) is 36.4 Å². The number of carbonyl (C=O) groups excluding carboxylic acids is 1. The first kappa shape index (κ1) is 16.4. The van der Waals surface area contributed by atoms with Crippen LogP contribution >= 0.6 is 0 Å². The highest BCUT2D eigenvalue weighted by molar-refractivity contribution is 5.97. The molecule has 0 spiro atoms. The van der Waals surface area contributed by atoms with Gasteiger partial charge in [0.15, 0.2) is 0 Å². The molecule has 0 radical (unpaired) electrons. The second-order valence-corrected chi connectivity index (χ2v) is 6.30. The Hall–Kier alpha value is -2.49. The van der Waals surface area contributed by atoms with E-state index in [1.165, 1.54) is 0 Å². The Kier molecular flexibility index (Phi) is 4.74. The van der Waals surface area contributed by atoms with Crippen LogP contribution in [0.2, 0.25) is 0 Å². The Labute approximate surface area is 143 Å². The highest BCUT2D eigenvalue weighted by Crippen LogP contribution is 2.28. The fourth-order valence-corrected chi connectivity index (χ4v) is 3.27. The van der Waals surface area contributed by atoms with Crippen molar-refractivity contribution < 1.29 is 9.53 Å². The lowest BCUT2D eigenvalue weighted by atomic mass is 9.96. The molecule has 0 saturated carbocycles. The Morgan fingerprint density at radius 3 is 2.92 bits per heavy atom. The van der Waals surface area contributed by atoms with E-state index in [0.29, 0.717) is 0 Å². The van der Waals surface area contributed by atoms with Crippen LogP contribution in [0.4, 0.5) is 5.69 Å². The van der Waals surface area contributed by atoms with E-state index in [1.807, 2.05) is 44.2 Å². The first-order valence-electron chi connectivity index (χ1n) is 8.41. The van der Waals surface area contributed by atoms with Crippen LogP contribution in [0.1, 0.15) is 46.4 Å². The number of methoxy groups -OCH3 is 1. The molecule has 1 atom stereocenters. The van der Waals surface area contributed by atoms with E-state index >= 15 is 0 Å². The Bertz CT molecular complexity index is 755. The van der Waals surface area contributed by atoms with Gasteiger partial charge in [0.05, 0.1) is 13.2 Å². The fraction of sp³-hybridized carbons (Fsp3) is 0.350. The van der Waals surface area contributed by atoms with E-state index in [2.05, 4.69) is 16.7 Å². The maximum Gasteiger partial charge on any atom is 0.252 e. The lowest BCUT2D eigenvalue weighted by Crippen LogP contribution is -2.29. The normalized spacial score (nSPS) is 14.3. The summed E-state index contributed by atoms with van der Waals surface area (Å²) in [5.41, 5.74) is 5.10. The van der Waals surface area contributed by atoms with E-state index in [1.54, 1.807) is 7.11 Å². The lowest BCUT2D eigenvalue weighted by molar-refractivity contribution is 0.0938. The molecule has 2 aromatic carbocycles. The molecule has 0 bridgehead atoms. The fourth-order valence-electron chi connectivity index (χ4n) is 3.27. The van der Waals surface area contributed by atoms with Crippen molar-refractivity contribution in [1.29, 1.82) is 0 Å². The van der Waals surface area contributed by atoms with Crippen molar-refractivity contribution in [3.05, 3.63) is 58.7 Å². The number of anilines is 1. The van der Waals surface area contributed by atoms with Gasteiger partial charge in [0.2, 0.25) is 0 Å². The van der Waals surface area contributed by atoms with E-state index in [-0.39, 0.29) is 11.9 Å². The number of nitrogens with one attached hydrogen (secondary N) is 2. The van der Waals surface area contributed by atoms with Crippen molar-refractivity contribution in [2.75, 3.05) is 19.0 Å². The van der Waals surface area contributed by atoms with E-state index in [9.17, 15) is 4.79 Å². The molecule has 0 aromatic heterocycles. The molecule has 126 valence electrons. The molecule has 2 aromatic rings. The predicted octanol–water partition coefficient (Wildman–Crippen LogP) is 3.85. The molecule has 1 unspecified atom stereocenters. The number of aryl methyl sites for hydroxylation is 1. The SMILES string of the molecule is COc1ccc(C)cc1C(C)NC(=O)c1cccc2c1CCCN2. The molecule has 0 saturated heterocycles. The molecule has 0 aliphatic carbocycles. The maximum absolute atomic E-state index is 12.8. The number of hydrogen-bond donors (Lipinski definition) is 2. The maximum atomic E-state index is 12.8. The zero-order chi connectivity index (χ0) is 17.1. The summed E-state index contributed by atoms with van der Waals surface area (Å²) in [5, 5.41) is 6.49. The third kappa shape index (κ3) is 3.23. The lowest BCUT2D eigenvalue weighted by Gasteiger charge is -2.22. The molecule has 2 N–H and O–H groups in total. The molecule has 3 rings (SSSR count). The van der Waals surface area contributed by atoms with Crippen molar-refractivity contribution in [2.45, 2.75) is 32.7 Å². The standard InChI is InChI=1S/C20H24N2O2/c1-13-9-10-19(24-3)17(12-13)14(2)22-20(23)16-6-4-8-18-15(16)7-5-11-21-18/h4,6,8-10,12,14,21H,5,7,11H2,1-3H3,(H,22,23). The first-order valence-corrected chi connectivity index (χ1v) is 8.41. The number of rotatable bonds is 4. The van der Waals surface area contributed by atoms with Gasteiger partial charge in [-0.05, 0) is 50.5 Å². The third-order valence-corrected chi connectivity index (χ3v) is 4.54. The van der Waals surface area contributed by atoms with Gasteiger partial charge in [-0.25, -0.2) is 0 Å². The summed E-state index contributed by atoms with van der Waals surface area (Å²) in [6.45, 7) is 4.99. The third-order valence-electron chi connectivity index (χ3n) is 4.54. The van der Waals surface area contributed by atoms with Gasteiger partial charge >= 0.3 is 0 Å². The molecular weight excluding hydrogens is 300 g/mol. The molecule has 1 aliphatic rings. The topological polar surface area (TPSA) is 50.4 Å². The summed E-state index contributed by atoms with van der Waals surface area (Å²) in [5.74, 6) is 0.761. The van der Waals surface area contributed by atoms with Gasteiger partial charge in [0.1, 0.15) is 5.75 Å². The summed E-state index contributed by atoms with van der Waals surface area (Å²) in [6, 6.07) is 11.8. The van der Waals surface area contributed by atoms with Gasteiger partial charge in [0.25, 0.3) is 5.91 Å². The van der Waals surface area contributed by atoms with Crippen molar-refractivity contribution in [3.8, 4) is 5.75 Å². The Balaban J connectivity index is 1.84. The van der Waals surface area contributed by atoms with E-state index in [0.717, 1.165) is 53.1 Å². The average Bonchev–Trinajstić information content (AvgIpc) is 2.61. The van der Waals surface area contributed by atoms with Crippen molar-refractivity contribution in [3.63, 3.8) is 0 Å². The number of hydrogen-bond acceptors (Lipinski definition) is 3. The summed E-state index contributed by atoms with van der Waals surface area (Å²) in [4.78, 5) is 12.8. The van der Waals surface area contributed by atoms with Crippen LogP contribution in [-0.2, 0) is 6.42 Å². The molecular formula is C20H24N2O2. The van der Waals surface area contributed by atoms with E-state index < -0.39 is 0 Å². The van der Waals surface area contributed by atoms with E-state index in [4.69, 9.17) is 4.74 Å². The second-order valence-electron chi connectivity index (χ2n) is 6.30. The van der Waals surface area contributed by atoms with Gasteiger partial charge < -0.3 is 15.4 Å². The van der Waals surface area contributed by atoms with Gasteiger partial charge in [0, 0.05) is 23.4 Å². The van der Waals surface area contributed by atoms with Gasteiger partial charge in [-0.2, -0.15) is 0 Å². The number of amides is 1. The summed E-state index contributed by atoms with van der Waals surface area (Å²) in [7, 11) is 1.65. The Morgan fingerprint density at radius 2 is 2.12 bits per heavy atom. The number of carbonyl (C=O) groups is 1. The van der Waals surface area contributed by atoms with Gasteiger partial charge in [-0.3, -0.25) is 4.79 Å². The summed E-state index contributed by atoms with van der Waals surface area (Å²) < 4.78 is 5.44. The molecule has 0 fully saturated rings. The second kappa shape index (κ2) is 6.95. The van der Waals surface area contributed by atoms with Crippen LogP contribution in [0.3, 0.4) is 0 Å². The van der Waals surface area contributed by atoms with Crippen LogP contribution in [-0.4, -0.2) is 19.6 Å². The largest absolute Gasteiger partial charge is 0.496 e. The van der Waals surface area contributed by atoms with Crippen molar-refractivity contribution in [2.24, 2.45) is 0 Å². The molecule has 1 heterocycles. The minimum absolute atomic E-state index is 0.0355.